The van der Waals surface area contributed by atoms with Gasteiger partial charge < -0.3 is 15.0 Å². The predicted molar refractivity (Wildman–Crippen MR) is 56.9 cm³/mol. The summed E-state index contributed by atoms with van der Waals surface area (Å²) in [5.41, 5.74) is 5.79. The molecule has 1 aromatic heterocycles. The molecule has 2 N–H and O–H groups in total. The average molecular weight is 197 g/mol. The van der Waals surface area contributed by atoms with Crippen LogP contribution in [-0.2, 0) is 11.3 Å². The molecule has 0 aliphatic heterocycles. The second kappa shape index (κ2) is 4.46. The minimum absolute atomic E-state index is 0.216. The fourth-order valence-corrected chi connectivity index (χ4v) is 1.36. The fraction of sp³-hybridized carbons (Fsp3) is 0.700. The third-order valence-corrected chi connectivity index (χ3v) is 1.96. The van der Waals surface area contributed by atoms with Gasteiger partial charge in [-0.25, -0.2) is 4.98 Å². The van der Waals surface area contributed by atoms with Crippen LogP contribution in [0.2, 0.25) is 0 Å². The highest BCUT2D eigenvalue weighted by Crippen LogP contribution is 2.16. The summed E-state index contributed by atoms with van der Waals surface area (Å²) in [4.78, 5) is 4.22. The highest BCUT2D eigenvalue weighted by molar-refractivity contribution is 5.28. The van der Waals surface area contributed by atoms with Gasteiger partial charge in [-0.15, -0.1) is 0 Å². The third-order valence-electron chi connectivity index (χ3n) is 1.96. The third kappa shape index (κ3) is 2.48. The van der Waals surface area contributed by atoms with E-state index in [1.807, 2.05) is 18.4 Å². The first-order valence-corrected chi connectivity index (χ1v) is 4.95. The molecular formula is C10H19N3O. The van der Waals surface area contributed by atoms with E-state index in [1.54, 1.807) is 6.20 Å². The van der Waals surface area contributed by atoms with Crippen molar-refractivity contribution in [3.8, 4) is 0 Å². The Morgan fingerprint density at radius 1 is 1.43 bits per heavy atom. The SMILES string of the molecule is CC(C)OCc1ncc(N)n1C(C)C. The molecule has 0 aliphatic rings. The van der Waals surface area contributed by atoms with Crippen LogP contribution >= 0.6 is 0 Å². The van der Waals surface area contributed by atoms with E-state index in [-0.39, 0.29) is 6.10 Å². The van der Waals surface area contributed by atoms with Crippen LogP contribution in [0.1, 0.15) is 39.6 Å². The summed E-state index contributed by atoms with van der Waals surface area (Å²) in [5, 5.41) is 0. The molecule has 0 aliphatic carbocycles. The lowest BCUT2D eigenvalue weighted by molar-refractivity contribution is 0.0590. The van der Waals surface area contributed by atoms with Crippen LogP contribution in [0.3, 0.4) is 0 Å². The number of aromatic nitrogens is 2. The van der Waals surface area contributed by atoms with Crippen LogP contribution in [-0.4, -0.2) is 15.7 Å². The summed E-state index contributed by atoms with van der Waals surface area (Å²) in [6.07, 6.45) is 1.90. The molecule has 0 atom stereocenters. The zero-order chi connectivity index (χ0) is 10.7. The van der Waals surface area contributed by atoms with E-state index < -0.39 is 0 Å². The molecule has 0 unspecified atom stereocenters. The molecule has 0 spiro atoms. The Labute approximate surface area is 85.1 Å². The van der Waals surface area contributed by atoms with Gasteiger partial charge >= 0.3 is 0 Å². The van der Waals surface area contributed by atoms with Crippen LogP contribution in [0.5, 0.6) is 0 Å². The topological polar surface area (TPSA) is 53.1 Å². The van der Waals surface area contributed by atoms with Crippen LogP contribution in [0.4, 0.5) is 5.82 Å². The summed E-state index contributed by atoms with van der Waals surface area (Å²) >= 11 is 0. The molecule has 1 heterocycles. The molecule has 0 saturated carbocycles. The monoisotopic (exact) mass is 197 g/mol. The molecule has 4 nitrogen and oxygen atoms in total. The highest BCUT2D eigenvalue weighted by atomic mass is 16.5. The van der Waals surface area contributed by atoms with Gasteiger partial charge in [-0.1, -0.05) is 0 Å². The molecule has 0 radical (unpaired) electrons. The van der Waals surface area contributed by atoms with E-state index in [2.05, 4.69) is 18.8 Å². The van der Waals surface area contributed by atoms with Gasteiger partial charge in [-0.3, -0.25) is 0 Å². The summed E-state index contributed by atoms with van der Waals surface area (Å²) < 4.78 is 7.48. The van der Waals surface area contributed by atoms with Crippen molar-refractivity contribution in [1.82, 2.24) is 9.55 Å². The Kier molecular flexibility index (Phi) is 3.52. The lowest BCUT2D eigenvalue weighted by Gasteiger charge is -2.14. The molecule has 4 heteroatoms. The minimum atomic E-state index is 0.216. The summed E-state index contributed by atoms with van der Waals surface area (Å²) in [7, 11) is 0. The van der Waals surface area contributed by atoms with Gasteiger partial charge in [0.15, 0.2) is 0 Å². The maximum absolute atomic E-state index is 5.79. The molecule has 1 rings (SSSR count). The molecule has 0 fully saturated rings. The molecular weight excluding hydrogens is 178 g/mol. The number of anilines is 1. The second-order valence-corrected chi connectivity index (χ2v) is 3.92. The zero-order valence-corrected chi connectivity index (χ0v) is 9.32. The van der Waals surface area contributed by atoms with E-state index in [9.17, 15) is 0 Å². The lowest BCUT2D eigenvalue weighted by atomic mass is 10.4. The lowest BCUT2D eigenvalue weighted by Crippen LogP contribution is -2.12. The number of hydrogen-bond donors (Lipinski definition) is 1. The molecule has 0 bridgehead atoms. The number of nitrogens with zero attached hydrogens (tertiary/aromatic N) is 2. The van der Waals surface area contributed by atoms with Crippen molar-refractivity contribution in [2.24, 2.45) is 0 Å². The summed E-state index contributed by atoms with van der Waals surface area (Å²) in [5.74, 6) is 1.59. The average Bonchev–Trinajstić information content (AvgIpc) is 2.43. The molecule has 0 aromatic carbocycles. The molecule has 0 saturated heterocycles. The van der Waals surface area contributed by atoms with Crippen molar-refractivity contribution in [2.45, 2.75) is 46.4 Å². The maximum atomic E-state index is 5.79. The number of nitrogens with two attached hydrogens (primary N) is 1. The fourth-order valence-electron chi connectivity index (χ4n) is 1.36. The first-order valence-electron chi connectivity index (χ1n) is 4.95. The van der Waals surface area contributed by atoms with E-state index in [1.165, 1.54) is 0 Å². The van der Waals surface area contributed by atoms with Crippen LogP contribution in [0, 0.1) is 0 Å². The van der Waals surface area contributed by atoms with Gasteiger partial charge in [0.1, 0.15) is 18.2 Å². The summed E-state index contributed by atoms with van der Waals surface area (Å²) in [6, 6.07) is 0.322. The van der Waals surface area contributed by atoms with E-state index >= 15 is 0 Å². The van der Waals surface area contributed by atoms with E-state index in [0.717, 1.165) is 5.82 Å². The van der Waals surface area contributed by atoms with E-state index in [0.29, 0.717) is 18.5 Å². The normalized spacial score (nSPS) is 11.6. The first kappa shape index (κ1) is 11.0. The Bertz CT molecular complexity index is 292. The zero-order valence-electron chi connectivity index (χ0n) is 9.32. The second-order valence-electron chi connectivity index (χ2n) is 3.92. The number of hydrogen-bond acceptors (Lipinski definition) is 3. The molecule has 80 valence electrons. The number of nitrogen functional groups attached to an aromatic ring is 1. The van der Waals surface area contributed by atoms with Crippen LogP contribution in [0.15, 0.2) is 6.20 Å². The van der Waals surface area contributed by atoms with Gasteiger partial charge in [0.25, 0.3) is 0 Å². The Morgan fingerprint density at radius 2 is 2.07 bits per heavy atom. The van der Waals surface area contributed by atoms with Crippen molar-refractivity contribution in [3.63, 3.8) is 0 Å². The van der Waals surface area contributed by atoms with E-state index in [4.69, 9.17) is 10.5 Å². The van der Waals surface area contributed by atoms with Crippen molar-refractivity contribution in [1.29, 1.82) is 0 Å². The standard InChI is InChI=1S/C10H19N3O/c1-7(2)13-9(11)5-12-10(13)6-14-8(3)4/h5,7-8H,6,11H2,1-4H3. The van der Waals surface area contributed by atoms with Crippen molar-refractivity contribution >= 4 is 5.82 Å². The molecule has 1 aromatic rings. The van der Waals surface area contributed by atoms with Crippen LogP contribution in [0.25, 0.3) is 0 Å². The van der Waals surface area contributed by atoms with Gasteiger partial charge in [-0.2, -0.15) is 0 Å². The van der Waals surface area contributed by atoms with Crippen molar-refractivity contribution in [2.75, 3.05) is 5.73 Å². The maximum Gasteiger partial charge on any atom is 0.136 e. The molecule has 0 amide bonds. The predicted octanol–water partition coefficient (Wildman–Crippen LogP) is 1.97. The number of ether oxygens (including phenoxy) is 1. The molecule has 14 heavy (non-hydrogen) atoms. The van der Waals surface area contributed by atoms with Gasteiger partial charge in [0.2, 0.25) is 0 Å². The van der Waals surface area contributed by atoms with Gasteiger partial charge in [-0.05, 0) is 27.7 Å². The largest absolute Gasteiger partial charge is 0.384 e. The van der Waals surface area contributed by atoms with Gasteiger partial charge in [0.05, 0.1) is 12.3 Å². The first-order chi connectivity index (χ1) is 6.52. The van der Waals surface area contributed by atoms with Gasteiger partial charge in [0, 0.05) is 6.04 Å². The highest BCUT2D eigenvalue weighted by Gasteiger charge is 2.10. The Hall–Kier alpha value is -1.03. The van der Waals surface area contributed by atoms with Crippen molar-refractivity contribution in [3.05, 3.63) is 12.0 Å². The quantitative estimate of drug-likeness (QED) is 0.802. The Balaban J connectivity index is 2.76. The summed E-state index contributed by atoms with van der Waals surface area (Å²) in [6.45, 7) is 8.69. The van der Waals surface area contributed by atoms with Crippen LogP contribution < -0.4 is 5.73 Å². The smallest absolute Gasteiger partial charge is 0.136 e. The van der Waals surface area contributed by atoms with Crippen molar-refractivity contribution < 1.29 is 4.74 Å². The number of rotatable bonds is 4. The minimum Gasteiger partial charge on any atom is -0.384 e. The Morgan fingerprint density at radius 3 is 2.57 bits per heavy atom. The number of imidazole rings is 1.